The summed E-state index contributed by atoms with van der Waals surface area (Å²) in [6.07, 6.45) is 5.89. The van der Waals surface area contributed by atoms with Gasteiger partial charge < -0.3 is 0 Å². The molecule has 23 heavy (non-hydrogen) atoms. The molecule has 0 aliphatic carbocycles. The number of thiophene rings is 1. The molecule has 0 atom stereocenters. The average Bonchev–Trinajstić information content (AvgIpc) is 3.04. The molecule has 5 heteroatoms. The molecule has 0 amide bonds. The molecule has 0 unspecified atom stereocenters. The highest BCUT2D eigenvalue weighted by atomic mass is 32.2. The summed E-state index contributed by atoms with van der Waals surface area (Å²) >= 11 is 3.06. The van der Waals surface area contributed by atoms with Gasteiger partial charge in [0.05, 0.1) is 5.39 Å². The topological polar surface area (TPSA) is 34.9 Å². The number of benzene rings is 1. The highest BCUT2D eigenvalue weighted by Crippen LogP contribution is 2.21. The number of thioether (sulfide) groups is 1. The lowest BCUT2D eigenvalue weighted by Crippen LogP contribution is -2.22. The Morgan fingerprint density at radius 2 is 2.09 bits per heavy atom. The highest BCUT2D eigenvalue weighted by Gasteiger charge is 2.10. The lowest BCUT2D eigenvalue weighted by atomic mass is 10.2. The summed E-state index contributed by atoms with van der Waals surface area (Å²) in [6, 6.07) is 12.0. The number of allylic oxidation sites excluding steroid dienone is 1. The van der Waals surface area contributed by atoms with Gasteiger partial charge in [0.1, 0.15) is 4.83 Å². The maximum Gasteiger partial charge on any atom is 0.263 e. The van der Waals surface area contributed by atoms with E-state index < -0.39 is 0 Å². The van der Waals surface area contributed by atoms with Crippen molar-refractivity contribution in [1.82, 2.24) is 9.55 Å². The molecular formula is C18H16N2OS2. The van der Waals surface area contributed by atoms with Gasteiger partial charge in [0.2, 0.25) is 0 Å². The van der Waals surface area contributed by atoms with Gasteiger partial charge in [0.15, 0.2) is 5.16 Å². The summed E-state index contributed by atoms with van der Waals surface area (Å²) in [5.74, 6) is 0.759. The van der Waals surface area contributed by atoms with Crippen LogP contribution in [0, 0.1) is 0 Å². The van der Waals surface area contributed by atoms with Crippen molar-refractivity contribution >= 4 is 39.4 Å². The SMILES string of the molecule is C=CCn1c(SC/C=C/c2ccccc2)nc2sccc2c1=O. The monoisotopic (exact) mass is 340 g/mol. The van der Waals surface area contributed by atoms with E-state index in [1.54, 1.807) is 22.4 Å². The van der Waals surface area contributed by atoms with Gasteiger partial charge in [-0.3, -0.25) is 9.36 Å². The smallest absolute Gasteiger partial charge is 0.263 e. The molecule has 0 saturated heterocycles. The summed E-state index contributed by atoms with van der Waals surface area (Å²) in [5, 5.41) is 3.32. The summed E-state index contributed by atoms with van der Waals surface area (Å²) in [7, 11) is 0. The van der Waals surface area contributed by atoms with E-state index in [9.17, 15) is 4.79 Å². The van der Waals surface area contributed by atoms with Crippen LogP contribution in [0.4, 0.5) is 0 Å². The first kappa shape index (κ1) is 15.8. The van der Waals surface area contributed by atoms with Gasteiger partial charge in [0.25, 0.3) is 5.56 Å². The van der Waals surface area contributed by atoms with Gasteiger partial charge in [-0.2, -0.15) is 0 Å². The molecule has 3 aromatic rings. The van der Waals surface area contributed by atoms with Gasteiger partial charge in [-0.05, 0) is 17.0 Å². The molecule has 2 heterocycles. The molecule has 0 aliphatic heterocycles. The van der Waals surface area contributed by atoms with Gasteiger partial charge in [0, 0.05) is 12.3 Å². The van der Waals surface area contributed by atoms with Crippen LogP contribution in [0.15, 0.2) is 70.5 Å². The number of hydrogen-bond acceptors (Lipinski definition) is 4. The van der Waals surface area contributed by atoms with Crippen molar-refractivity contribution < 1.29 is 0 Å². The van der Waals surface area contributed by atoms with E-state index in [0.717, 1.165) is 15.7 Å². The zero-order chi connectivity index (χ0) is 16.1. The summed E-state index contributed by atoms with van der Waals surface area (Å²) in [6.45, 7) is 4.21. The Labute approximate surface area is 143 Å². The molecule has 0 aliphatic rings. The van der Waals surface area contributed by atoms with Crippen LogP contribution in [0.3, 0.4) is 0 Å². The lowest BCUT2D eigenvalue weighted by Gasteiger charge is -2.08. The first-order valence-corrected chi connectivity index (χ1v) is 9.09. The molecule has 2 aromatic heterocycles. The van der Waals surface area contributed by atoms with Crippen LogP contribution in [-0.2, 0) is 6.54 Å². The maximum atomic E-state index is 12.5. The van der Waals surface area contributed by atoms with Crippen molar-refractivity contribution in [3.8, 4) is 0 Å². The van der Waals surface area contributed by atoms with E-state index in [2.05, 4.69) is 35.8 Å². The second-order valence-electron chi connectivity index (χ2n) is 4.86. The summed E-state index contributed by atoms with van der Waals surface area (Å²) in [4.78, 5) is 17.9. The lowest BCUT2D eigenvalue weighted by molar-refractivity contribution is 0.673. The van der Waals surface area contributed by atoms with Crippen LogP contribution in [0.5, 0.6) is 0 Å². The molecule has 0 spiro atoms. The van der Waals surface area contributed by atoms with Crippen molar-refractivity contribution in [2.45, 2.75) is 11.7 Å². The standard InChI is InChI=1S/C18H16N2OS2/c1-2-11-20-17(21)15-10-13-22-16(15)19-18(20)23-12-6-9-14-7-4-3-5-8-14/h2-10,13H,1,11-12H2/b9-6+. The molecule has 116 valence electrons. The quantitative estimate of drug-likeness (QED) is 0.378. The van der Waals surface area contributed by atoms with Crippen molar-refractivity contribution in [2.75, 3.05) is 5.75 Å². The van der Waals surface area contributed by atoms with E-state index in [0.29, 0.717) is 11.9 Å². The van der Waals surface area contributed by atoms with Gasteiger partial charge in [-0.25, -0.2) is 4.98 Å². The molecule has 0 N–H and O–H groups in total. The van der Waals surface area contributed by atoms with Crippen LogP contribution in [0.2, 0.25) is 0 Å². The Bertz CT molecular complexity index is 894. The highest BCUT2D eigenvalue weighted by molar-refractivity contribution is 7.99. The minimum Gasteiger partial charge on any atom is -0.283 e. The molecule has 3 nitrogen and oxygen atoms in total. The predicted octanol–water partition coefficient (Wildman–Crippen LogP) is 4.45. The summed E-state index contributed by atoms with van der Waals surface area (Å²) in [5.41, 5.74) is 1.17. The molecule has 0 bridgehead atoms. The molecule has 3 rings (SSSR count). The number of hydrogen-bond donors (Lipinski definition) is 0. The van der Waals surface area contributed by atoms with Crippen molar-refractivity contribution in [1.29, 1.82) is 0 Å². The molecule has 0 saturated carbocycles. The Balaban J connectivity index is 1.81. The molecule has 0 fully saturated rings. The second-order valence-corrected chi connectivity index (χ2v) is 6.74. The molecule has 0 radical (unpaired) electrons. The molecule has 1 aromatic carbocycles. The number of rotatable bonds is 6. The van der Waals surface area contributed by atoms with Crippen molar-refractivity contribution in [3.63, 3.8) is 0 Å². The van der Waals surface area contributed by atoms with E-state index in [4.69, 9.17) is 0 Å². The third-order valence-corrected chi connectivity index (χ3v) is 5.01. The minimum absolute atomic E-state index is 0.00527. The normalized spacial score (nSPS) is 11.3. The van der Waals surface area contributed by atoms with Crippen LogP contribution < -0.4 is 5.56 Å². The Hall–Kier alpha value is -2.11. The molecular weight excluding hydrogens is 324 g/mol. The van der Waals surface area contributed by atoms with Crippen molar-refractivity contribution in [3.05, 3.63) is 76.4 Å². The largest absolute Gasteiger partial charge is 0.283 e. The fraction of sp³-hybridized carbons (Fsp3) is 0.111. The Kier molecular flexibility index (Phi) is 5.10. The van der Waals surface area contributed by atoms with Gasteiger partial charge >= 0.3 is 0 Å². The van der Waals surface area contributed by atoms with E-state index in [1.807, 2.05) is 29.6 Å². The predicted molar refractivity (Wildman–Crippen MR) is 100 cm³/mol. The van der Waals surface area contributed by atoms with Crippen LogP contribution in [-0.4, -0.2) is 15.3 Å². The fourth-order valence-corrected chi connectivity index (χ4v) is 3.82. The van der Waals surface area contributed by atoms with Gasteiger partial charge in [-0.15, -0.1) is 17.9 Å². The Morgan fingerprint density at radius 1 is 1.26 bits per heavy atom. The van der Waals surface area contributed by atoms with Crippen LogP contribution in [0.1, 0.15) is 5.56 Å². The zero-order valence-corrected chi connectivity index (χ0v) is 14.1. The Morgan fingerprint density at radius 3 is 2.87 bits per heavy atom. The third kappa shape index (κ3) is 3.63. The van der Waals surface area contributed by atoms with Crippen LogP contribution in [0.25, 0.3) is 16.3 Å². The maximum absolute atomic E-state index is 12.5. The zero-order valence-electron chi connectivity index (χ0n) is 12.5. The number of aromatic nitrogens is 2. The summed E-state index contributed by atoms with van der Waals surface area (Å²) < 4.78 is 1.68. The average molecular weight is 340 g/mol. The van der Waals surface area contributed by atoms with E-state index >= 15 is 0 Å². The van der Waals surface area contributed by atoms with E-state index in [1.165, 1.54) is 16.9 Å². The van der Waals surface area contributed by atoms with Crippen LogP contribution >= 0.6 is 23.1 Å². The third-order valence-electron chi connectivity index (χ3n) is 3.28. The minimum atomic E-state index is 0.00527. The van der Waals surface area contributed by atoms with Gasteiger partial charge in [-0.1, -0.05) is 60.3 Å². The first-order chi connectivity index (χ1) is 11.3. The first-order valence-electron chi connectivity index (χ1n) is 7.23. The second kappa shape index (κ2) is 7.44. The fourth-order valence-electron chi connectivity index (χ4n) is 2.20. The number of fused-ring (bicyclic) bond motifs is 1. The number of nitrogens with zero attached hydrogens (tertiary/aromatic N) is 2. The van der Waals surface area contributed by atoms with Crippen molar-refractivity contribution in [2.24, 2.45) is 0 Å². The van der Waals surface area contributed by atoms with E-state index in [-0.39, 0.29) is 5.56 Å².